The number of benzene rings is 2. The second-order valence-electron chi connectivity index (χ2n) is 8.17. The van der Waals surface area contributed by atoms with Crippen LogP contribution in [-0.4, -0.2) is 50.5 Å². The molecule has 2 heterocycles. The SMILES string of the molecule is O=C(NCCOc1ccccc1)C1=CC2(CCN(S(=O)(=O)c3cccc(C(F)(F)F)c3)CC2)ON1. The van der Waals surface area contributed by atoms with Gasteiger partial charge < -0.3 is 10.1 Å². The molecule has 2 aliphatic heterocycles. The first kappa shape index (κ1) is 25.0. The minimum atomic E-state index is -4.64. The van der Waals surface area contributed by atoms with Crippen molar-refractivity contribution >= 4 is 15.9 Å². The third kappa shape index (κ3) is 5.77. The summed E-state index contributed by atoms with van der Waals surface area (Å²) >= 11 is 0. The van der Waals surface area contributed by atoms with E-state index < -0.39 is 38.2 Å². The van der Waals surface area contributed by atoms with Crippen LogP contribution in [0.1, 0.15) is 18.4 Å². The number of carbonyl (C=O) groups excluding carboxylic acids is 1. The van der Waals surface area contributed by atoms with Gasteiger partial charge in [0.25, 0.3) is 5.91 Å². The molecule has 188 valence electrons. The highest BCUT2D eigenvalue weighted by atomic mass is 32.2. The Hall–Kier alpha value is -3.09. The lowest BCUT2D eigenvalue weighted by molar-refractivity contribution is -0.137. The van der Waals surface area contributed by atoms with Crippen molar-refractivity contribution in [3.63, 3.8) is 0 Å². The highest BCUT2D eigenvalue weighted by Gasteiger charge is 2.43. The van der Waals surface area contributed by atoms with E-state index in [4.69, 9.17) is 9.57 Å². The van der Waals surface area contributed by atoms with Gasteiger partial charge in [-0.1, -0.05) is 24.3 Å². The maximum absolute atomic E-state index is 13.0. The van der Waals surface area contributed by atoms with Crippen molar-refractivity contribution in [3.05, 3.63) is 71.9 Å². The standard InChI is InChI=1S/C23H24F3N3O5S/c24-23(25,26)17-5-4-8-19(15-17)35(31,32)29-12-9-22(10-13-29)16-20(28-34-22)21(30)27-11-14-33-18-6-2-1-3-7-18/h1-8,15-16,28H,9-14H2,(H,27,30). The van der Waals surface area contributed by atoms with Crippen molar-refractivity contribution in [2.75, 3.05) is 26.2 Å². The Morgan fingerprint density at radius 3 is 2.51 bits per heavy atom. The Balaban J connectivity index is 1.32. The topological polar surface area (TPSA) is 97.0 Å². The molecule has 1 amide bonds. The molecule has 1 spiro atoms. The van der Waals surface area contributed by atoms with Crippen LogP contribution in [0.5, 0.6) is 5.75 Å². The maximum atomic E-state index is 13.0. The van der Waals surface area contributed by atoms with Crippen molar-refractivity contribution in [3.8, 4) is 5.75 Å². The number of alkyl halides is 3. The molecule has 2 aromatic carbocycles. The molecule has 0 unspecified atom stereocenters. The van der Waals surface area contributed by atoms with E-state index in [2.05, 4.69) is 10.8 Å². The van der Waals surface area contributed by atoms with Gasteiger partial charge in [0.1, 0.15) is 23.7 Å². The van der Waals surface area contributed by atoms with E-state index >= 15 is 0 Å². The Kier molecular flexibility index (Phi) is 7.06. The number of rotatable bonds is 7. The Morgan fingerprint density at radius 2 is 1.83 bits per heavy atom. The molecule has 8 nitrogen and oxygen atoms in total. The number of hydrogen-bond acceptors (Lipinski definition) is 6. The zero-order valence-electron chi connectivity index (χ0n) is 18.5. The first-order valence-corrected chi connectivity index (χ1v) is 12.3. The van der Waals surface area contributed by atoms with Crippen LogP contribution in [0.2, 0.25) is 0 Å². The van der Waals surface area contributed by atoms with Gasteiger partial charge in [0, 0.05) is 13.1 Å². The smallest absolute Gasteiger partial charge is 0.416 e. The molecule has 2 aliphatic rings. The summed E-state index contributed by atoms with van der Waals surface area (Å²) in [6.45, 7) is 0.591. The van der Waals surface area contributed by atoms with E-state index in [0.29, 0.717) is 11.8 Å². The van der Waals surface area contributed by atoms with Crippen molar-refractivity contribution in [1.82, 2.24) is 15.1 Å². The number of piperidine rings is 1. The maximum Gasteiger partial charge on any atom is 0.416 e. The molecule has 2 aromatic rings. The molecular weight excluding hydrogens is 487 g/mol. The second-order valence-corrected chi connectivity index (χ2v) is 10.1. The summed E-state index contributed by atoms with van der Waals surface area (Å²) in [5.74, 6) is 0.298. The molecule has 4 rings (SSSR count). The minimum Gasteiger partial charge on any atom is -0.492 e. The zero-order valence-corrected chi connectivity index (χ0v) is 19.4. The van der Waals surface area contributed by atoms with Crippen LogP contribution in [0, 0.1) is 0 Å². The summed E-state index contributed by atoms with van der Waals surface area (Å²) in [6, 6.07) is 12.8. The number of nitrogens with zero attached hydrogens (tertiary/aromatic N) is 1. The van der Waals surface area contributed by atoms with E-state index in [0.717, 1.165) is 22.5 Å². The average molecular weight is 512 g/mol. The second kappa shape index (κ2) is 9.88. The lowest BCUT2D eigenvalue weighted by Crippen LogP contribution is -2.46. The number of hydrogen-bond donors (Lipinski definition) is 2. The normalized spacial score (nSPS) is 18.1. The van der Waals surface area contributed by atoms with E-state index in [1.807, 2.05) is 18.2 Å². The number of amides is 1. The highest BCUT2D eigenvalue weighted by molar-refractivity contribution is 7.89. The lowest BCUT2D eigenvalue weighted by atomic mass is 9.92. The molecule has 35 heavy (non-hydrogen) atoms. The largest absolute Gasteiger partial charge is 0.492 e. The molecular formula is C23H24F3N3O5S. The minimum absolute atomic E-state index is 0.0244. The number of para-hydroxylation sites is 1. The fraction of sp³-hybridized carbons (Fsp3) is 0.348. The monoisotopic (exact) mass is 511 g/mol. The predicted molar refractivity (Wildman–Crippen MR) is 119 cm³/mol. The summed E-state index contributed by atoms with van der Waals surface area (Å²) < 4.78 is 71.5. The fourth-order valence-corrected chi connectivity index (χ4v) is 5.36. The summed E-state index contributed by atoms with van der Waals surface area (Å²) in [7, 11) is -4.12. The third-order valence-corrected chi connectivity index (χ3v) is 7.68. The van der Waals surface area contributed by atoms with Gasteiger partial charge in [-0.25, -0.2) is 8.42 Å². The Bertz CT molecular complexity index is 1190. The quantitative estimate of drug-likeness (QED) is 0.555. The molecule has 0 aromatic heterocycles. The molecule has 1 fully saturated rings. The number of ether oxygens (including phenoxy) is 1. The fourth-order valence-electron chi connectivity index (χ4n) is 3.87. The third-order valence-electron chi connectivity index (χ3n) is 5.78. The van der Waals surface area contributed by atoms with Crippen LogP contribution in [0.15, 0.2) is 71.3 Å². The molecule has 0 radical (unpaired) electrons. The van der Waals surface area contributed by atoms with Crippen LogP contribution >= 0.6 is 0 Å². The number of hydroxylamine groups is 1. The van der Waals surface area contributed by atoms with Crippen molar-refractivity contribution in [2.24, 2.45) is 0 Å². The first-order valence-electron chi connectivity index (χ1n) is 10.9. The molecule has 0 bridgehead atoms. The molecule has 2 N–H and O–H groups in total. The number of halogens is 3. The lowest BCUT2D eigenvalue weighted by Gasteiger charge is -2.35. The summed E-state index contributed by atoms with van der Waals surface area (Å²) in [4.78, 5) is 17.6. The molecule has 0 saturated carbocycles. The van der Waals surface area contributed by atoms with Gasteiger partial charge in [0.2, 0.25) is 10.0 Å². The van der Waals surface area contributed by atoms with E-state index in [1.165, 1.54) is 0 Å². The highest BCUT2D eigenvalue weighted by Crippen LogP contribution is 2.35. The van der Waals surface area contributed by atoms with Crippen LogP contribution < -0.4 is 15.5 Å². The van der Waals surface area contributed by atoms with Crippen LogP contribution in [0.3, 0.4) is 0 Å². The number of carbonyl (C=O) groups is 1. The van der Waals surface area contributed by atoms with Crippen molar-refractivity contribution in [2.45, 2.75) is 29.5 Å². The van der Waals surface area contributed by atoms with Gasteiger partial charge in [-0.05, 0) is 49.2 Å². The van der Waals surface area contributed by atoms with E-state index in [1.54, 1.807) is 18.2 Å². The first-order chi connectivity index (χ1) is 16.6. The molecule has 0 atom stereocenters. The average Bonchev–Trinajstić information content (AvgIpc) is 3.25. The van der Waals surface area contributed by atoms with E-state index in [-0.39, 0.29) is 44.8 Å². The van der Waals surface area contributed by atoms with Gasteiger partial charge in [-0.2, -0.15) is 17.5 Å². The molecule has 12 heteroatoms. The van der Waals surface area contributed by atoms with Gasteiger partial charge >= 0.3 is 6.18 Å². The molecule has 0 aliphatic carbocycles. The van der Waals surface area contributed by atoms with Gasteiger partial charge in [0.05, 0.1) is 17.0 Å². The predicted octanol–water partition coefficient (Wildman–Crippen LogP) is 2.84. The molecule has 1 saturated heterocycles. The van der Waals surface area contributed by atoms with Crippen molar-refractivity contribution in [1.29, 1.82) is 0 Å². The van der Waals surface area contributed by atoms with E-state index in [9.17, 15) is 26.4 Å². The van der Waals surface area contributed by atoms with Gasteiger partial charge in [-0.15, -0.1) is 0 Å². The number of nitrogens with one attached hydrogen (secondary N) is 2. The van der Waals surface area contributed by atoms with Crippen molar-refractivity contribution < 1.29 is 36.0 Å². The Morgan fingerprint density at radius 1 is 1.11 bits per heavy atom. The summed E-state index contributed by atoms with van der Waals surface area (Å²) in [6.07, 6.45) is -2.57. The van der Waals surface area contributed by atoms with Gasteiger partial charge in [-0.3, -0.25) is 15.1 Å². The Labute approximate surface area is 200 Å². The van der Waals surface area contributed by atoms with Crippen LogP contribution in [0.4, 0.5) is 13.2 Å². The van der Waals surface area contributed by atoms with Gasteiger partial charge in [0.15, 0.2) is 0 Å². The summed E-state index contributed by atoms with van der Waals surface area (Å²) in [5, 5.41) is 2.72. The number of sulfonamides is 1. The van der Waals surface area contributed by atoms with Crippen LogP contribution in [-0.2, 0) is 25.8 Å². The zero-order chi connectivity index (χ0) is 25.1. The van der Waals surface area contributed by atoms with Crippen LogP contribution in [0.25, 0.3) is 0 Å². The summed E-state index contributed by atoms with van der Waals surface area (Å²) in [5.41, 5.74) is 0.901.